The van der Waals surface area contributed by atoms with Gasteiger partial charge in [0, 0.05) is 24.3 Å². The molecule has 0 bridgehead atoms. The standard InChI is InChI=1S/C21H20ClN5O3S/c1-31(29,30)25-10-14(11-25)27-17-3-2-13(22)8-16(17)24-19(27)12-26-18-9-23-7-4-15(18)21(5-6-21)20(26)28/h2-4,7-9,14H,5-6,10-12H2,1H3. The average Bonchev–Trinajstić information content (AvgIpc) is 3.37. The lowest BCUT2D eigenvalue weighted by molar-refractivity contribution is -0.120. The van der Waals surface area contributed by atoms with Gasteiger partial charge in [-0.25, -0.2) is 13.4 Å². The van der Waals surface area contributed by atoms with Crippen LogP contribution in [0.25, 0.3) is 11.0 Å². The summed E-state index contributed by atoms with van der Waals surface area (Å²) in [6.45, 7) is 1.08. The quantitative estimate of drug-likeness (QED) is 0.600. The number of carbonyl (C=O) groups excluding carboxylic acids is 1. The van der Waals surface area contributed by atoms with Crippen molar-refractivity contribution in [3.63, 3.8) is 0 Å². The summed E-state index contributed by atoms with van der Waals surface area (Å²) in [5, 5.41) is 0.582. The molecule has 2 aromatic heterocycles. The van der Waals surface area contributed by atoms with Crippen LogP contribution in [-0.4, -0.2) is 52.5 Å². The fourth-order valence-electron chi connectivity index (χ4n) is 4.89. The van der Waals surface area contributed by atoms with Gasteiger partial charge < -0.3 is 9.47 Å². The predicted octanol–water partition coefficient (Wildman–Crippen LogP) is 2.48. The molecule has 0 atom stereocenters. The topological polar surface area (TPSA) is 88.4 Å². The number of hydrogen-bond acceptors (Lipinski definition) is 5. The Morgan fingerprint density at radius 1 is 1.23 bits per heavy atom. The Morgan fingerprint density at radius 3 is 2.71 bits per heavy atom. The van der Waals surface area contributed by atoms with Crippen LogP contribution in [0.2, 0.25) is 5.02 Å². The number of fused-ring (bicyclic) bond motifs is 3. The number of aromatic nitrogens is 3. The second-order valence-corrected chi connectivity index (χ2v) is 11.0. The maximum atomic E-state index is 13.3. The van der Waals surface area contributed by atoms with Gasteiger partial charge >= 0.3 is 0 Å². The molecular formula is C21H20ClN5O3S. The van der Waals surface area contributed by atoms with Gasteiger partial charge in [-0.15, -0.1) is 0 Å². The van der Waals surface area contributed by atoms with Crippen LogP contribution in [0.5, 0.6) is 0 Å². The van der Waals surface area contributed by atoms with Crippen molar-refractivity contribution in [2.75, 3.05) is 24.2 Å². The summed E-state index contributed by atoms with van der Waals surface area (Å²) in [5.74, 6) is 0.815. The average molecular weight is 458 g/mol. The van der Waals surface area contributed by atoms with Gasteiger partial charge in [0.05, 0.1) is 47.2 Å². The lowest BCUT2D eigenvalue weighted by atomic mass is 9.99. The fourth-order valence-corrected chi connectivity index (χ4v) is 5.94. The summed E-state index contributed by atoms with van der Waals surface area (Å²) >= 11 is 6.19. The molecule has 0 unspecified atom stereocenters. The first-order valence-electron chi connectivity index (χ1n) is 10.2. The minimum atomic E-state index is -3.24. The number of anilines is 1. The molecule has 160 valence electrons. The molecular weight excluding hydrogens is 438 g/mol. The van der Waals surface area contributed by atoms with Crippen molar-refractivity contribution in [3.8, 4) is 0 Å². The Morgan fingerprint density at radius 2 is 2.00 bits per heavy atom. The first kappa shape index (κ1) is 19.2. The fraction of sp³-hybridized carbons (Fsp3) is 0.381. The number of amides is 1. The number of pyridine rings is 1. The third-order valence-electron chi connectivity index (χ3n) is 6.70. The molecule has 1 spiro atoms. The number of hydrogen-bond donors (Lipinski definition) is 0. The minimum Gasteiger partial charge on any atom is -0.321 e. The van der Waals surface area contributed by atoms with Crippen molar-refractivity contribution in [2.45, 2.75) is 30.8 Å². The molecule has 4 heterocycles. The molecule has 6 rings (SSSR count). The molecule has 1 amide bonds. The van der Waals surface area contributed by atoms with Crippen molar-refractivity contribution >= 4 is 44.3 Å². The number of nitrogens with zero attached hydrogens (tertiary/aromatic N) is 5. The number of halogens is 1. The van der Waals surface area contributed by atoms with Gasteiger partial charge in [-0.1, -0.05) is 11.6 Å². The third-order valence-corrected chi connectivity index (χ3v) is 8.17. The molecule has 1 aromatic carbocycles. The van der Waals surface area contributed by atoms with Crippen molar-refractivity contribution < 1.29 is 13.2 Å². The van der Waals surface area contributed by atoms with E-state index in [9.17, 15) is 13.2 Å². The van der Waals surface area contributed by atoms with Crippen LogP contribution in [-0.2, 0) is 26.8 Å². The van der Waals surface area contributed by atoms with Crippen molar-refractivity contribution in [1.29, 1.82) is 0 Å². The van der Waals surface area contributed by atoms with E-state index in [0.717, 1.165) is 41.0 Å². The van der Waals surface area contributed by atoms with E-state index >= 15 is 0 Å². The van der Waals surface area contributed by atoms with Crippen molar-refractivity contribution in [1.82, 2.24) is 18.8 Å². The number of carbonyl (C=O) groups is 1. The largest absolute Gasteiger partial charge is 0.321 e. The van der Waals surface area contributed by atoms with Crippen molar-refractivity contribution in [2.24, 2.45) is 0 Å². The van der Waals surface area contributed by atoms with E-state index in [1.165, 1.54) is 10.6 Å². The van der Waals surface area contributed by atoms with Gasteiger partial charge in [-0.2, -0.15) is 4.31 Å². The van der Waals surface area contributed by atoms with Gasteiger partial charge in [0.1, 0.15) is 5.82 Å². The highest BCUT2D eigenvalue weighted by molar-refractivity contribution is 7.88. The highest BCUT2D eigenvalue weighted by Crippen LogP contribution is 2.57. The normalized spacial score (nSPS) is 20.5. The first-order valence-corrected chi connectivity index (χ1v) is 12.4. The number of benzene rings is 1. The molecule has 1 saturated heterocycles. The van der Waals surface area contributed by atoms with E-state index in [1.54, 1.807) is 29.4 Å². The second-order valence-electron chi connectivity index (χ2n) is 8.63. The highest BCUT2D eigenvalue weighted by atomic mass is 35.5. The number of rotatable bonds is 4. The smallest absolute Gasteiger partial charge is 0.238 e. The Balaban J connectivity index is 1.42. The number of imidazole rings is 1. The molecule has 1 aliphatic carbocycles. The summed E-state index contributed by atoms with van der Waals surface area (Å²) in [4.78, 5) is 24.1. The molecule has 1 saturated carbocycles. The maximum Gasteiger partial charge on any atom is 0.238 e. The van der Waals surface area contributed by atoms with E-state index in [4.69, 9.17) is 16.6 Å². The van der Waals surface area contributed by atoms with Crippen LogP contribution in [0.3, 0.4) is 0 Å². The SMILES string of the molecule is CS(=O)(=O)N1CC(n2c(CN3C(=O)C4(CC4)c4ccncc43)nc3cc(Cl)ccc32)C1. The predicted molar refractivity (Wildman–Crippen MR) is 117 cm³/mol. The van der Waals surface area contributed by atoms with Gasteiger partial charge in [0.25, 0.3) is 0 Å². The summed E-state index contributed by atoms with van der Waals surface area (Å²) in [5.41, 5.74) is 3.11. The van der Waals surface area contributed by atoms with Crippen LogP contribution in [0.4, 0.5) is 5.69 Å². The molecule has 8 nitrogen and oxygen atoms in total. The van der Waals surface area contributed by atoms with E-state index < -0.39 is 15.4 Å². The van der Waals surface area contributed by atoms with Crippen LogP contribution in [0.1, 0.15) is 30.3 Å². The van der Waals surface area contributed by atoms with Crippen LogP contribution in [0, 0.1) is 0 Å². The third kappa shape index (κ3) is 2.76. The lowest BCUT2D eigenvalue weighted by Gasteiger charge is -2.39. The number of sulfonamides is 1. The molecule has 0 N–H and O–H groups in total. The van der Waals surface area contributed by atoms with Crippen molar-refractivity contribution in [3.05, 3.63) is 53.1 Å². The summed E-state index contributed by atoms with van der Waals surface area (Å²) in [6, 6.07) is 7.41. The van der Waals surface area contributed by atoms with E-state index in [-0.39, 0.29) is 11.9 Å². The Kier molecular flexibility index (Phi) is 3.89. The summed E-state index contributed by atoms with van der Waals surface area (Å²) in [7, 11) is -3.24. The van der Waals surface area contributed by atoms with Crippen LogP contribution < -0.4 is 4.90 Å². The molecule has 0 radical (unpaired) electrons. The van der Waals surface area contributed by atoms with Gasteiger partial charge in [-0.05, 0) is 42.7 Å². The highest BCUT2D eigenvalue weighted by Gasteiger charge is 2.59. The Hall–Kier alpha value is -2.49. The zero-order valence-electron chi connectivity index (χ0n) is 16.8. The zero-order chi connectivity index (χ0) is 21.5. The monoisotopic (exact) mass is 457 g/mol. The molecule has 10 heteroatoms. The summed E-state index contributed by atoms with van der Waals surface area (Å²) < 4.78 is 27.3. The van der Waals surface area contributed by atoms with E-state index in [0.29, 0.717) is 24.7 Å². The molecule has 2 aliphatic heterocycles. The summed E-state index contributed by atoms with van der Waals surface area (Å²) in [6.07, 6.45) is 6.42. The maximum absolute atomic E-state index is 13.3. The van der Waals surface area contributed by atoms with Gasteiger partial charge in [0.2, 0.25) is 15.9 Å². The van der Waals surface area contributed by atoms with Gasteiger partial charge in [-0.3, -0.25) is 9.78 Å². The van der Waals surface area contributed by atoms with Crippen LogP contribution in [0.15, 0.2) is 36.7 Å². The minimum absolute atomic E-state index is 0.0446. The zero-order valence-corrected chi connectivity index (χ0v) is 18.4. The Bertz CT molecular complexity index is 1360. The molecule has 31 heavy (non-hydrogen) atoms. The van der Waals surface area contributed by atoms with Crippen LogP contribution >= 0.6 is 11.6 Å². The van der Waals surface area contributed by atoms with Gasteiger partial charge in [0.15, 0.2) is 0 Å². The molecule has 3 aromatic rings. The van der Waals surface area contributed by atoms with E-state index in [2.05, 4.69) is 9.55 Å². The Labute approximate surface area is 184 Å². The van der Waals surface area contributed by atoms with E-state index in [1.807, 2.05) is 12.1 Å². The molecule has 2 fully saturated rings. The molecule has 3 aliphatic rings. The lowest BCUT2D eigenvalue weighted by Crippen LogP contribution is -2.50. The first-order chi connectivity index (χ1) is 14.8. The second kappa shape index (κ2) is 6.27.